The van der Waals surface area contributed by atoms with Gasteiger partial charge >= 0.3 is 0 Å². The summed E-state index contributed by atoms with van der Waals surface area (Å²) in [6, 6.07) is 13.7. The monoisotopic (exact) mass is 529 g/mol. The Morgan fingerprint density at radius 2 is 1.64 bits per heavy atom. The lowest BCUT2D eigenvalue weighted by Crippen LogP contribution is -2.47. The fourth-order valence-electron chi connectivity index (χ4n) is 3.51. The molecule has 0 saturated heterocycles. The lowest BCUT2D eigenvalue weighted by molar-refractivity contribution is -0.118. The summed E-state index contributed by atoms with van der Waals surface area (Å²) in [5, 5.41) is 12.0. The molecule has 3 aromatic rings. The van der Waals surface area contributed by atoms with E-state index in [1.165, 1.54) is 11.3 Å². The average molecular weight is 530 g/mol. The van der Waals surface area contributed by atoms with Gasteiger partial charge in [-0.2, -0.15) is 4.72 Å². The van der Waals surface area contributed by atoms with E-state index in [0.717, 1.165) is 16.8 Å². The van der Waals surface area contributed by atoms with Crippen LogP contribution in [-0.2, 0) is 20.2 Å². The SMILES string of the molecule is CC[C@@H](C)[C@@H](NS(=O)(=O)c1ccc(C(C)(C)C)cc1)C(=O)Nc1nnc(-c2ccc(N(C)C)cc2)s1. The van der Waals surface area contributed by atoms with Crippen molar-refractivity contribution in [3.63, 3.8) is 0 Å². The molecule has 36 heavy (non-hydrogen) atoms. The zero-order chi connectivity index (χ0) is 26.7. The molecule has 8 nitrogen and oxygen atoms in total. The van der Waals surface area contributed by atoms with Gasteiger partial charge in [0.05, 0.1) is 4.90 Å². The molecule has 1 heterocycles. The minimum absolute atomic E-state index is 0.0934. The van der Waals surface area contributed by atoms with Crippen LogP contribution in [0.25, 0.3) is 10.6 Å². The molecule has 0 bridgehead atoms. The minimum Gasteiger partial charge on any atom is -0.378 e. The number of sulfonamides is 1. The third-order valence-corrected chi connectivity index (χ3v) is 8.44. The number of amides is 1. The number of carbonyl (C=O) groups is 1. The maximum Gasteiger partial charge on any atom is 0.244 e. The summed E-state index contributed by atoms with van der Waals surface area (Å²) in [4.78, 5) is 15.3. The van der Waals surface area contributed by atoms with Crippen LogP contribution in [0.5, 0.6) is 0 Å². The molecule has 1 aromatic heterocycles. The molecule has 2 atom stereocenters. The highest BCUT2D eigenvalue weighted by Gasteiger charge is 2.30. The van der Waals surface area contributed by atoms with Gasteiger partial charge < -0.3 is 4.90 Å². The van der Waals surface area contributed by atoms with Crippen LogP contribution >= 0.6 is 11.3 Å². The van der Waals surface area contributed by atoms with Crippen LogP contribution in [0.2, 0.25) is 0 Å². The zero-order valence-electron chi connectivity index (χ0n) is 21.9. The van der Waals surface area contributed by atoms with Crippen molar-refractivity contribution in [1.82, 2.24) is 14.9 Å². The highest BCUT2D eigenvalue weighted by atomic mass is 32.2. The summed E-state index contributed by atoms with van der Waals surface area (Å²) in [6.07, 6.45) is 0.614. The van der Waals surface area contributed by atoms with Gasteiger partial charge in [0.1, 0.15) is 11.0 Å². The predicted molar refractivity (Wildman–Crippen MR) is 147 cm³/mol. The van der Waals surface area contributed by atoms with Crippen molar-refractivity contribution in [2.75, 3.05) is 24.3 Å². The van der Waals surface area contributed by atoms with E-state index >= 15 is 0 Å². The molecule has 0 radical (unpaired) electrons. The largest absolute Gasteiger partial charge is 0.378 e. The quantitative estimate of drug-likeness (QED) is 0.409. The van der Waals surface area contributed by atoms with Crippen LogP contribution < -0.4 is 14.9 Å². The number of nitrogens with zero attached hydrogens (tertiary/aromatic N) is 3. The molecule has 2 N–H and O–H groups in total. The van der Waals surface area contributed by atoms with E-state index in [4.69, 9.17) is 0 Å². The first kappa shape index (κ1) is 27.8. The number of benzene rings is 2. The van der Waals surface area contributed by atoms with Gasteiger partial charge in [-0.15, -0.1) is 10.2 Å². The summed E-state index contributed by atoms with van der Waals surface area (Å²) in [5.41, 5.74) is 2.88. The molecular weight excluding hydrogens is 494 g/mol. The third kappa shape index (κ3) is 6.68. The lowest BCUT2D eigenvalue weighted by atomic mass is 9.87. The summed E-state index contributed by atoms with van der Waals surface area (Å²) < 4.78 is 28.9. The molecule has 1 amide bonds. The Kier molecular flexibility index (Phi) is 8.53. The molecule has 0 unspecified atom stereocenters. The van der Waals surface area contributed by atoms with E-state index in [9.17, 15) is 13.2 Å². The molecular formula is C26H35N5O3S2. The van der Waals surface area contributed by atoms with Gasteiger partial charge in [0.25, 0.3) is 0 Å². The van der Waals surface area contributed by atoms with Crippen molar-refractivity contribution in [3.8, 4) is 10.6 Å². The van der Waals surface area contributed by atoms with E-state index in [-0.39, 0.29) is 16.2 Å². The first-order valence-electron chi connectivity index (χ1n) is 11.9. The Bertz CT molecular complexity index is 1280. The van der Waals surface area contributed by atoms with Crippen molar-refractivity contribution in [2.45, 2.75) is 57.4 Å². The van der Waals surface area contributed by atoms with Crippen LogP contribution in [0.15, 0.2) is 53.4 Å². The van der Waals surface area contributed by atoms with Gasteiger partial charge in [-0.1, -0.05) is 64.5 Å². The molecule has 0 fully saturated rings. The summed E-state index contributed by atoms with van der Waals surface area (Å²) in [7, 11) is 0.0269. The lowest BCUT2D eigenvalue weighted by Gasteiger charge is -2.23. The molecule has 0 aliphatic heterocycles. The van der Waals surface area contributed by atoms with E-state index < -0.39 is 22.0 Å². The van der Waals surface area contributed by atoms with E-state index in [2.05, 4.69) is 41.0 Å². The van der Waals surface area contributed by atoms with E-state index in [1.807, 2.05) is 57.1 Å². The number of nitrogens with one attached hydrogen (secondary N) is 2. The smallest absolute Gasteiger partial charge is 0.244 e. The van der Waals surface area contributed by atoms with Crippen molar-refractivity contribution < 1.29 is 13.2 Å². The van der Waals surface area contributed by atoms with Crippen LogP contribution in [0.1, 0.15) is 46.6 Å². The number of hydrogen-bond donors (Lipinski definition) is 2. The molecule has 0 aliphatic carbocycles. The molecule has 3 rings (SSSR count). The number of carbonyl (C=O) groups excluding carboxylic acids is 1. The molecule has 0 spiro atoms. The van der Waals surface area contributed by atoms with Gasteiger partial charge in [-0.25, -0.2) is 8.42 Å². The van der Waals surface area contributed by atoms with Gasteiger partial charge in [0.15, 0.2) is 0 Å². The first-order valence-corrected chi connectivity index (χ1v) is 14.2. The van der Waals surface area contributed by atoms with E-state index in [1.54, 1.807) is 24.3 Å². The summed E-state index contributed by atoms with van der Waals surface area (Å²) >= 11 is 1.24. The van der Waals surface area contributed by atoms with Gasteiger partial charge in [-0.05, 0) is 53.3 Å². The fraction of sp³-hybridized carbons (Fsp3) is 0.423. The maximum absolute atomic E-state index is 13.2. The van der Waals surface area contributed by atoms with Gasteiger partial charge in [0.2, 0.25) is 21.1 Å². The Morgan fingerprint density at radius 1 is 1.03 bits per heavy atom. The number of anilines is 2. The Labute approximate surface area is 218 Å². The van der Waals surface area contributed by atoms with Gasteiger partial charge in [-0.3, -0.25) is 10.1 Å². The molecule has 0 saturated carbocycles. The zero-order valence-corrected chi connectivity index (χ0v) is 23.5. The van der Waals surface area contributed by atoms with Crippen molar-refractivity contribution >= 4 is 38.1 Å². The second-order valence-corrected chi connectivity index (χ2v) is 12.8. The van der Waals surface area contributed by atoms with Crippen molar-refractivity contribution in [1.29, 1.82) is 0 Å². The maximum atomic E-state index is 13.2. The second-order valence-electron chi connectivity index (χ2n) is 10.1. The van der Waals surface area contributed by atoms with Crippen LogP contribution in [0, 0.1) is 5.92 Å². The Balaban J connectivity index is 1.76. The predicted octanol–water partition coefficient (Wildman–Crippen LogP) is 4.90. The Hall–Kier alpha value is -2.82. The minimum atomic E-state index is -3.91. The molecule has 0 aliphatic rings. The topological polar surface area (TPSA) is 104 Å². The summed E-state index contributed by atoms with van der Waals surface area (Å²) in [5.74, 6) is -0.704. The number of rotatable bonds is 9. The standard InChI is InChI=1S/C26H35N5O3S2/c1-8-17(2)22(30-36(33,34)21-15-11-19(12-16-21)26(3,4)5)23(32)27-25-29-28-24(35-25)18-9-13-20(14-10-18)31(6)7/h9-17,22,30H,8H2,1-7H3,(H,27,29,32)/t17-,22-/m1/s1. The van der Waals surface area contributed by atoms with Crippen LogP contribution in [-0.4, -0.2) is 44.7 Å². The van der Waals surface area contributed by atoms with Crippen molar-refractivity contribution in [3.05, 3.63) is 54.1 Å². The first-order chi connectivity index (χ1) is 16.8. The fourth-order valence-corrected chi connectivity index (χ4v) is 5.56. The highest BCUT2D eigenvalue weighted by molar-refractivity contribution is 7.89. The number of aromatic nitrogens is 2. The van der Waals surface area contributed by atoms with Crippen molar-refractivity contribution in [2.24, 2.45) is 5.92 Å². The highest BCUT2D eigenvalue weighted by Crippen LogP contribution is 2.28. The Morgan fingerprint density at radius 3 is 2.17 bits per heavy atom. The average Bonchev–Trinajstić information content (AvgIpc) is 3.30. The second kappa shape index (κ2) is 11.1. The molecule has 10 heteroatoms. The normalized spacial score (nSPS) is 13.8. The van der Waals surface area contributed by atoms with Crippen LogP contribution in [0.4, 0.5) is 10.8 Å². The van der Waals surface area contributed by atoms with Gasteiger partial charge in [0, 0.05) is 25.3 Å². The van der Waals surface area contributed by atoms with Crippen LogP contribution in [0.3, 0.4) is 0 Å². The third-order valence-electron chi connectivity index (χ3n) is 6.09. The molecule has 2 aromatic carbocycles. The molecule has 194 valence electrons. The summed E-state index contributed by atoms with van der Waals surface area (Å²) in [6.45, 7) is 9.95. The van der Waals surface area contributed by atoms with E-state index in [0.29, 0.717) is 16.6 Å². The number of hydrogen-bond acceptors (Lipinski definition) is 7.